The highest BCUT2D eigenvalue weighted by Gasteiger charge is 2.08. The van der Waals surface area contributed by atoms with Gasteiger partial charge in [-0.15, -0.1) is 0 Å². The molecule has 0 aliphatic heterocycles. The first-order chi connectivity index (χ1) is 12.0. The predicted octanol–water partition coefficient (Wildman–Crippen LogP) is 4.92. The zero-order chi connectivity index (χ0) is 18.2. The molecule has 0 atom stereocenters. The third-order valence-corrected chi connectivity index (χ3v) is 4.06. The highest BCUT2D eigenvalue weighted by atomic mass is 16.5. The Labute approximate surface area is 150 Å². The van der Waals surface area contributed by atoms with Crippen LogP contribution in [0.5, 0.6) is 11.5 Å². The molecule has 0 aliphatic rings. The van der Waals surface area contributed by atoms with Crippen LogP contribution in [-0.2, 0) is 4.79 Å². The largest absolute Gasteiger partial charge is 0.495 e. The summed E-state index contributed by atoms with van der Waals surface area (Å²) in [6, 6.07) is 13.6. The normalized spacial score (nSPS) is 10.6. The third kappa shape index (κ3) is 5.52. The summed E-state index contributed by atoms with van der Waals surface area (Å²) in [7, 11) is 1.59. The second-order valence-corrected chi connectivity index (χ2v) is 6.37. The fourth-order valence-electron chi connectivity index (χ4n) is 2.77. The van der Waals surface area contributed by atoms with Gasteiger partial charge in [-0.25, -0.2) is 0 Å². The maximum atomic E-state index is 12.0. The van der Waals surface area contributed by atoms with E-state index in [0.717, 1.165) is 5.75 Å². The number of rotatable bonds is 8. The molecule has 0 bridgehead atoms. The molecular weight excluding hydrogens is 314 g/mol. The second-order valence-electron chi connectivity index (χ2n) is 6.37. The molecule has 2 aromatic carbocycles. The van der Waals surface area contributed by atoms with Gasteiger partial charge in [-0.05, 0) is 54.7 Å². The van der Waals surface area contributed by atoms with Gasteiger partial charge < -0.3 is 14.8 Å². The summed E-state index contributed by atoms with van der Waals surface area (Å²) in [5, 5.41) is 2.87. The Morgan fingerprint density at radius 3 is 2.60 bits per heavy atom. The third-order valence-electron chi connectivity index (χ3n) is 4.06. The van der Waals surface area contributed by atoms with E-state index >= 15 is 0 Å². The molecule has 0 aliphatic carbocycles. The molecule has 0 unspecified atom stereocenters. The lowest BCUT2D eigenvalue weighted by molar-refractivity contribution is -0.116. The lowest BCUT2D eigenvalue weighted by Gasteiger charge is -2.13. The van der Waals surface area contributed by atoms with Gasteiger partial charge in [0.1, 0.15) is 11.5 Å². The molecule has 0 saturated carbocycles. The molecule has 2 aromatic rings. The van der Waals surface area contributed by atoms with Gasteiger partial charge in [0, 0.05) is 6.42 Å². The second kappa shape index (κ2) is 9.11. The Bertz CT molecular complexity index is 710. The van der Waals surface area contributed by atoms with Crippen molar-refractivity contribution in [3.05, 3.63) is 53.6 Å². The van der Waals surface area contributed by atoms with E-state index in [1.165, 1.54) is 11.1 Å². The molecular formula is C21H27NO3. The first-order valence-corrected chi connectivity index (χ1v) is 8.67. The topological polar surface area (TPSA) is 47.6 Å². The minimum absolute atomic E-state index is 0.0422. The number of methoxy groups -OCH3 is 1. The number of carbonyl (C=O) groups is 1. The number of aryl methyl sites for hydroxylation is 1. The Balaban J connectivity index is 1.77. The molecule has 0 aromatic heterocycles. The van der Waals surface area contributed by atoms with Gasteiger partial charge in [-0.2, -0.15) is 0 Å². The van der Waals surface area contributed by atoms with Crippen LogP contribution in [0.2, 0.25) is 0 Å². The van der Waals surface area contributed by atoms with Gasteiger partial charge in [-0.1, -0.05) is 32.0 Å². The van der Waals surface area contributed by atoms with Crippen molar-refractivity contribution >= 4 is 11.6 Å². The minimum Gasteiger partial charge on any atom is -0.495 e. The van der Waals surface area contributed by atoms with Crippen molar-refractivity contribution in [3.63, 3.8) is 0 Å². The van der Waals surface area contributed by atoms with Crippen LogP contribution in [0.4, 0.5) is 5.69 Å². The predicted molar refractivity (Wildman–Crippen MR) is 102 cm³/mol. The molecule has 134 valence electrons. The number of anilines is 1. The molecule has 4 nitrogen and oxygen atoms in total. The van der Waals surface area contributed by atoms with Crippen molar-refractivity contribution in [1.82, 2.24) is 0 Å². The van der Waals surface area contributed by atoms with Crippen LogP contribution in [0.25, 0.3) is 0 Å². The summed E-state index contributed by atoms with van der Waals surface area (Å²) in [4.78, 5) is 12.0. The molecule has 0 spiro atoms. The number of benzene rings is 2. The first-order valence-electron chi connectivity index (χ1n) is 8.67. The standard InChI is InChI=1S/C21H27NO3/c1-15(2)18-12-11-17(14-16(18)3)25-13-7-10-21(23)22-19-8-5-6-9-20(19)24-4/h5-6,8-9,11-12,14-15H,7,10,13H2,1-4H3,(H,22,23). The van der Waals surface area contributed by atoms with Gasteiger partial charge in [-0.3, -0.25) is 4.79 Å². The van der Waals surface area contributed by atoms with Crippen molar-refractivity contribution in [3.8, 4) is 11.5 Å². The number of nitrogens with one attached hydrogen (secondary N) is 1. The van der Waals surface area contributed by atoms with Crippen LogP contribution in [0, 0.1) is 6.92 Å². The highest BCUT2D eigenvalue weighted by Crippen LogP contribution is 2.24. The quantitative estimate of drug-likeness (QED) is 0.693. The Hall–Kier alpha value is -2.49. The highest BCUT2D eigenvalue weighted by molar-refractivity contribution is 5.92. The van der Waals surface area contributed by atoms with Gasteiger partial charge in [0.05, 0.1) is 19.4 Å². The van der Waals surface area contributed by atoms with Crippen molar-refractivity contribution in [1.29, 1.82) is 0 Å². The first kappa shape index (κ1) is 18.8. The molecule has 1 amide bonds. The lowest BCUT2D eigenvalue weighted by Crippen LogP contribution is -2.13. The molecule has 1 N–H and O–H groups in total. The van der Waals surface area contributed by atoms with E-state index in [2.05, 4.69) is 38.2 Å². The summed E-state index contributed by atoms with van der Waals surface area (Å²) >= 11 is 0. The van der Waals surface area contributed by atoms with E-state index in [9.17, 15) is 4.79 Å². The van der Waals surface area contributed by atoms with Crippen LogP contribution in [0.3, 0.4) is 0 Å². The molecule has 2 rings (SSSR count). The van der Waals surface area contributed by atoms with Gasteiger partial charge in [0.15, 0.2) is 0 Å². The lowest BCUT2D eigenvalue weighted by atomic mass is 9.98. The maximum absolute atomic E-state index is 12.0. The fraction of sp³-hybridized carbons (Fsp3) is 0.381. The summed E-state index contributed by atoms with van der Waals surface area (Å²) < 4.78 is 11.0. The zero-order valence-corrected chi connectivity index (χ0v) is 15.5. The number of hydrogen-bond acceptors (Lipinski definition) is 3. The number of hydrogen-bond donors (Lipinski definition) is 1. The number of para-hydroxylation sites is 2. The summed E-state index contributed by atoms with van der Waals surface area (Å²) in [5.74, 6) is 1.98. The van der Waals surface area contributed by atoms with E-state index in [1.54, 1.807) is 7.11 Å². The smallest absolute Gasteiger partial charge is 0.224 e. The maximum Gasteiger partial charge on any atom is 0.224 e. The summed E-state index contributed by atoms with van der Waals surface area (Å²) in [6.07, 6.45) is 1.06. The van der Waals surface area contributed by atoms with Crippen molar-refractivity contribution < 1.29 is 14.3 Å². The average Bonchev–Trinajstić information content (AvgIpc) is 2.59. The molecule has 4 heteroatoms. The van der Waals surface area contributed by atoms with Gasteiger partial charge in [0.2, 0.25) is 5.91 Å². The van der Waals surface area contributed by atoms with E-state index in [-0.39, 0.29) is 5.91 Å². The molecule has 0 fully saturated rings. The monoisotopic (exact) mass is 341 g/mol. The van der Waals surface area contributed by atoms with Crippen molar-refractivity contribution in [2.24, 2.45) is 0 Å². The van der Waals surface area contributed by atoms with Crippen LogP contribution in [0.15, 0.2) is 42.5 Å². The van der Waals surface area contributed by atoms with E-state index in [0.29, 0.717) is 36.8 Å². The van der Waals surface area contributed by atoms with Crippen molar-refractivity contribution in [2.45, 2.75) is 39.5 Å². The van der Waals surface area contributed by atoms with Crippen LogP contribution >= 0.6 is 0 Å². The summed E-state index contributed by atoms with van der Waals surface area (Å²) in [6.45, 7) is 6.98. The zero-order valence-electron chi connectivity index (χ0n) is 15.5. The number of carbonyl (C=O) groups excluding carboxylic acids is 1. The molecule has 0 saturated heterocycles. The Morgan fingerprint density at radius 1 is 1.16 bits per heavy atom. The van der Waals surface area contributed by atoms with Gasteiger partial charge in [0.25, 0.3) is 0 Å². The number of amides is 1. The average molecular weight is 341 g/mol. The molecule has 0 radical (unpaired) electrons. The molecule has 25 heavy (non-hydrogen) atoms. The van der Waals surface area contributed by atoms with E-state index in [1.807, 2.05) is 30.3 Å². The Morgan fingerprint density at radius 2 is 1.92 bits per heavy atom. The SMILES string of the molecule is COc1ccccc1NC(=O)CCCOc1ccc(C(C)C)c(C)c1. The van der Waals surface area contributed by atoms with Gasteiger partial charge >= 0.3 is 0 Å². The minimum atomic E-state index is -0.0422. The van der Waals surface area contributed by atoms with Crippen LogP contribution in [0.1, 0.15) is 43.7 Å². The van der Waals surface area contributed by atoms with Crippen molar-refractivity contribution in [2.75, 3.05) is 19.0 Å². The Kier molecular flexibility index (Phi) is 6.87. The fourth-order valence-corrected chi connectivity index (χ4v) is 2.77. The van der Waals surface area contributed by atoms with E-state index in [4.69, 9.17) is 9.47 Å². The number of ether oxygens (including phenoxy) is 2. The summed E-state index contributed by atoms with van der Waals surface area (Å²) in [5.41, 5.74) is 3.26. The van der Waals surface area contributed by atoms with Crippen LogP contribution < -0.4 is 14.8 Å². The van der Waals surface area contributed by atoms with Crippen LogP contribution in [-0.4, -0.2) is 19.6 Å². The van der Waals surface area contributed by atoms with E-state index < -0.39 is 0 Å². The molecule has 0 heterocycles.